The van der Waals surface area contributed by atoms with E-state index in [-0.39, 0.29) is 5.92 Å². The second-order valence-electron chi connectivity index (χ2n) is 10.7. The van der Waals surface area contributed by atoms with Crippen LogP contribution < -0.4 is 4.74 Å². The minimum atomic E-state index is -1.27. The van der Waals surface area contributed by atoms with Crippen molar-refractivity contribution < 1.29 is 18.3 Å². The molecule has 2 saturated carbocycles. The number of halogens is 2. The predicted octanol–water partition coefficient (Wildman–Crippen LogP) is 8.50. The molecule has 0 radical (unpaired) electrons. The van der Waals surface area contributed by atoms with Gasteiger partial charge in [-0.15, -0.1) is 0 Å². The largest absolute Gasteiger partial charge is 0.423 e. The molecule has 2 aliphatic carbocycles. The average Bonchev–Trinajstić information content (AvgIpc) is 2.86. The van der Waals surface area contributed by atoms with Gasteiger partial charge in [0, 0.05) is 0 Å². The van der Waals surface area contributed by atoms with Gasteiger partial charge in [-0.3, -0.25) is 4.79 Å². The molecule has 188 valence electrons. The van der Waals surface area contributed by atoms with Crippen molar-refractivity contribution in [3.05, 3.63) is 29.3 Å². The standard InChI is InChI=1S/C29H41F2NO2/c1-2-3-4-5-6-7-21-8-10-22(11-9-21)12-13-23-14-16-24(17-15-23)29(33)34-26-19-18-25(20-32)27(30)28(26)31/h18-19,21-24H,2-17H2,1H3/t21-,22-,23?,24?. The SMILES string of the molecule is CCCCCCC[C@H]1CC[C@H](CCC2CCC(C(=O)Oc3ccc(C#N)c(F)c3F)CC2)CC1. The Bertz CT molecular complexity index is 818. The van der Waals surface area contributed by atoms with E-state index in [0.29, 0.717) is 5.92 Å². The van der Waals surface area contributed by atoms with Gasteiger partial charge in [0.15, 0.2) is 11.6 Å². The third-order valence-electron chi connectivity index (χ3n) is 8.22. The summed E-state index contributed by atoms with van der Waals surface area (Å²) in [4.78, 5) is 12.5. The van der Waals surface area contributed by atoms with E-state index in [0.717, 1.165) is 49.7 Å². The molecule has 0 aromatic heterocycles. The highest BCUT2D eigenvalue weighted by molar-refractivity contribution is 5.75. The van der Waals surface area contributed by atoms with E-state index in [1.807, 2.05) is 0 Å². The van der Waals surface area contributed by atoms with E-state index in [4.69, 9.17) is 10.00 Å². The maximum Gasteiger partial charge on any atom is 0.314 e. The summed E-state index contributed by atoms with van der Waals surface area (Å²) in [6.45, 7) is 2.27. The molecule has 2 aliphatic rings. The maximum atomic E-state index is 14.0. The number of ether oxygens (including phenoxy) is 1. The number of hydrogen-bond acceptors (Lipinski definition) is 3. The topological polar surface area (TPSA) is 50.1 Å². The average molecular weight is 474 g/mol. The molecule has 2 fully saturated rings. The molecular weight excluding hydrogens is 432 g/mol. The van der Waals surface area contributed by atoms with Gasteiger partial charge in [-0.05, 0) is 55.6 Å². The summed E-state index contributed by atoms with van der Waals surface area (Å²) in [7, 11) is 0. The van der Waals surface area contributed by atoms with Crippen LogP contribution in [0.4, 0.5) is 8.78 Å². The van der Waals surface area contributed by atoms with Crippen molar-refractivity contribution in [3.8, 4) is 11.8 Å². The quantitative estimate of drug-likeness (QED) is 0.184. The van der Waals surface area contributed by atoms with Crippen molar-refractivity contribution in [2.75, 3.05) is 0 Å². The van der Waals surface area contributed by atoms with E-state index in [1.54, 1.807) is 6.07 Å². The molecule has 0 saturated heterocycles. The number of unbranched alkanes of at least 4 members (excludes halogenated alkanes) is 4. The Kier molecular flexibility index (Phi) is 10.8. The lowest BCUT2D eigenvalue weighted by Crippen LogP contribution is -2.26. The fourth-order valence-electron chi connectivity index (χ4n) is 5.89. The van der Waals surface area contributed by atoms with Gasteiger partial charge in [0.1, 0.15) is 6.07 Å². The monoisotopic (exact) mass is 473 g/mol. The zero-order valence-corrected chi connectivity index (χ0v) is 20.8. The van der Waals surface area contributed by atoms with Gasteiger partial charge in [0.05, 0.1) is 11.5 Å². The Balaban J connectivity index is 1.31. The van der Waals surface area contributed by atoms with Crippen LogP contribution >= 0.6 is 0 Å². The van der Waals surface area contributed by atoms with Crippen LogP contribution in [0.15, 0.2) is 12.1 Å². The summed E-state index contributed by atoms with van der Waals surface area (Å²) in [6.07, 6.45) is 19.9. The van der Waals surface area contributed by atoms with Crippen LogP contribution in [0.1, 0.15) is 115 Å². The molecule has 1 aromatic rings. The molecule has 0 spiro atoms. The van der Waals surface area contributed by atoms with Gasteiger partial charge in [-0.1, -0.05) is 84.0 Å². The van der Waals surface area contributed by atoms with Gasteiger partial charge in [0.2, 0.25) is 5.82 Å². The molecule has 3 rings (SSSR count). The van der Waals surface area contributed by atoms with Crippen molar-refractivity contribution in [3.63, 3.8) is 0 Å². The van der Waals surface area contributed by atoms with Crippen molar-refractivity contribution in [2.45, 2.75) is 110 Å². The third-order valence-corrected chi connectivity index (χ3v) is 8.22. The molecule has 1 aromatic carbocycles. The van der Waals surface area contributed by atoms with Gasteiger partial charge in [0.25, 0.3) is 0 Å². The summed E-state index contributed by atoms with van der Waals surface area (Å²) in [5.74, 6) is -1.24. The minimum absolute atomic E-state index is 0.262. The molecule has 0 unspecified atom stereocenters. The number of rotatable bonds is 11. The summed E-state index contributed by atoms with van der Waals surface area (Å²) >= 11 is 0. The van der Waals surface area contributed by atoms with Crippen LogP contribution in [0.5, 0.6) is 5.75 Å². The fourth-order valence-corrected chi connectivity index (χ4v) is 5.89. The normalized spacial score (nSPS) is 25.0. The van der Waals surface area contributed by atoms with Crippen LogP contribution in [-0.4, -0.2) is 5.97 Å². The zero-order chi connectivity index (χ0) is 24.3. The Hall–Kier alpha value is -1.96. The van der Waals surface area contributed by atoms with Crippen LogP contribution in [0.3, 0.4) is 0 Å². The van der Waals surface area contributed by atoms with E-state index >= 15 is 0 Å². The maximum absolute atomic E-state index is 14.0. The summed E-state index contributed by atoms with van der Waals surface area (Å²) in [5, 5.41) is 8.77. The molecular formula is C29H41F2NO2. The Morgan fingerprint density at radius 1 is 0.853 bits per heavy atom. The summed E-state index contributed by atoms with van der Waals surface area (Å²) < 4.78 is 33.0. The van der Waals surface area contributed by atoms with Crippen LogP contribution in [0, 0.1) is 46.6 Å². The first-order chi connectivity index (χ1) is 16.5. The Labute approximate surface area is 204 Å². The second-order valence-corrected chi connectivity index (χ2v) is 10.7. The fraction of sp³-hybridized carbons (Fsp3) is 0.724. The molecule has 3 nitrogen and oxygen atoms in total. The van der Waals surface area contributed by atoms with Crippen molar-refractivity contribution >= 4 is 5.97 Å². The molecule has 0 aliphatic heterocycles. The van der Waals surface area contributed by atoms with Crippen LogP contribution in [0.2, 0.25) is 0 Å². The predicted molar refractivity (Wildman–Crippen MR) is 130 cm³/mol. The van der Waals surface area contributed by atoms with Gasteiger partial charge >= 0.3 is 5.97 Å². The lowest BCUT2D eigenvalue weighted by atomic mass is 9.75. The summed E-state index contributed by atoms with van der Waals surface area (Å²) in [6, 6.07) is 3.87. The zero-order valence-electron chi connectivity index (χ0n) is 20.8. The number of carbonyl (C=O) groups excluding carboxylic acids is 1. The first-order valence-electron chi connectivity index (χ1n) is 13.6. The lowest BCUT2D eigenvalue weighted by molar-refractivity contribution is -0.140. The first kappa shape index (κ1) is 26.6. The molecule has 0 bridgehead atoms. The van der Waals surface area contributed by atoms with Gasteiger partial charge in [-0.2, -0.15) is 9.65 Å². The number of nitriles is 1. The molecule has 0 amide bonds. The van der Waals surface area contributed by atoms with E-state index < -0.39 is 28.9 Å². The molecule has 34 heavy (non-hydrogen) atoms. The molecule has 5 heteroatoms. The number of carbonyl (C=O) groups is 1. The first-order valence-corrected chi connectivity index (χ1v) is 13.6. The summed E-state index contributed by atoms with van der Waals surface area (Å²) in [5.41, 5.74) is -0.395. The number of esters is 1. The highest BCUT2D eigenvalue weighted by Crippen LogP contribution is 2.38. The molecule has 0 N–H and O–H groups in total. The van der Waals surface area contributed by atoms with E-state index in [9.17, 15) is 13.6 Å². The second kappa shape index (κ2) is 13.8. The van der Waals surface area contributed by atoms with Crippen molar-refractivity contribution in [2.24, 2.45) is 23.7 Å². The molecule has 0 atom stereocenters. The van der Waals surface area contributed by atoms with E-state index in [1.165, 1.54) is 77.0 Å². The Morgan fingerprint density at radius 3 is 2.00 bits per heavy atom. The highest BCUT2D eigenvalue weighted by Gasteiger charge is 2.30. The molecule has 0 heterocycles. The van der Waals surface area contributed by atoms with E-state index in [2.05, 4.69) is 6.92 Å². The van der Waals surface area contributed by atoms with Gasteiger partial charge < -0.3 is 4.74 Å². The lowest BCUT2D eigenvalue weighted by Gasteiger charge is -2.31. The minimum Gasteiger partial charge on any atom is -0.423 e. The smallest absolute Gasteiger partial charge is 0.314 e. The number of nitrogens with zero attached hydrogens (tertiary/aromatic N) is 1. The van der Waals surface area contributed by atoms with Crippen LogP contribution in [-0.2, 0) is 4.79 Å². The highest BCUT2D eigenvalue weighted by atomic mass is 19.2. The number of hydrogen-bond donors (Lipinski definition) is 0. The third kappa shape index (κ3) is 7.79. The van der Waals surface area contributed by atoms with Crippen molar-refractivity contribution in [1.29, 1.82) is 5.26 Å². The van der Waals surface area contributed by atoms with Crippen molar-refractivity contribution in [1.82, 2.24) is 0 Å². The number of benzene rings is 1. The van der Waals surface area contributed by atoms with Gasteiger partial charge in [-0.25, -0.2) is 4.39 Å². The van der Waals surface area contributed by atoms with Crippen LogP contribution in [0.25, 0.3) is 0 Å². The Morgan fingerprint density at radius 2 is 1.41 bits per heavy atom.